The first kappa shape index (κ1) is 13.2. The average Bonchev–Trinajstić information content (AvgIpc) is 2.33. The highest BCUT2D eigenvalue weighted by atomic mass is 35.5. The summed E-state index contributed by atoms with van der Waals surface area (Å²) in [6.07, 6.45) is 0. The van der Waals surface area contributed by atoms with Gasteiger partial charge in [0.2, 0.25) is 5.82 Å². The minimum Gasteiger partial charge on any atom is -0.334 e. The SMILES string of the molecule is Cc1ccc(Nc2nc(Cl)ccc2[N+](=O)[O-])cc1F. The zero-order valence-electron chi connectivity index (χ0n) is 9.85. The summed E-state index contributed by atoms with van der Waals surface area (Å²) in [7, 11) is 0. The van der Waals surface area contributed by atoms with Crippen molar-refractivity contribution in [1.29, 1.82) is 0 Å². The Kier molecular flexibility index (Phi) is 3.62. The van der Waals surface area contributed by atoms with Crippen LogP contribution in [-0.2, 0) is 0 Å². The lowest BCUT2D eigenvalue weighted by Gasteiger charge is -2.07. The van der Waals surface area contributed by atoms with Crippen LogP contribution in [0.1, 0.15) is 5.56 Å². The lowest BCUT2D eigenvalue weighted by Crippen LogP contribution is -2.00. The smallest absolute Gasteiger partial charge is 0.311 e. The topological polar surface area (TPSA) is 68.1 Å². The third kappa shape index (κ3) is 2.97. The van der Waals surface area contributed by atoms with Crippen LogP contribution in [0.25, 0.3) is 0 Å². The Balaban J connectivity index is 2.39. The van der Waals surface area contributed by atoms with Gasteiger partial charge in [0.05, 0.1) is 4.92 Å². The Hall–Kier alpha value is -2.21. The van der Waals surface area contributed by atoms with Crippen LogP contribution in [0.4, 0.5) is 21.6 Å². The maximum atomic E-state index is 13.4. The molecule has 0 fully saturated rings. The van der Waals surface area contributed by atoms with Gasteiger partial charge in [0.1, 0.15) is 11.0 Å². The molecule has 1 heterocycles. The highest BCUT2D eigenvalue weighted by Crippen LogP contribution is 2.27. The van der Waals surface area contributed by atoms with Crippen LogP contribution in [0.5, 0.6) is 0 Å². The fraction of sp³-hybridized carbons (Fsp3) is 0.0833. The molecular weight excluding hydrogens is 273 g/mol. The Morgan fingerprint density at radius 3 is 2.74 bits per heavy atom. The lowest BCUT2D eigenvalue weighted by molar-refractivity contribution is -0.384. The molecule has 19 heavy (non-hydrogen) atoms. The summed E-state index contributed by atoms with van der Waals surface area (Å²) in [6.45, 7) is 1.62. The quantitative estimate of drug-likeness (QED) is 0.527. The predicted octanol–water partition coefficient (Wildman–Crippen LogP) is 3.83. The zero-order chi connectivity index (χ0) is 14.0. The third-order valence-electron chi connectivity index (χ3n) is 2.47. The number of nitro groups is 1. The van der Waals surface area contributed by atoms with Gasteiger partial charge in [-0.1, -0.05) is 17.7 Å². The molecular formula is C12H9ClFN3O2. The fourth-order valence-corrected chi connectivity index (χ4v) is 1.62. The van der Waals surface area contributed by atoms with Crippen LogP contribution >= 0.6 is 11.6 Å². The van der Waals surface area contributed by atoms with E-state index in [1.54, 1.807) is 19.1 Å². The summed E-state index contributed by atoms with van der Waals surface area (Å²) < 4.78 is 13.4. The summed E-state index contributed by atoms with van der Waals surface area (Å²) in [5.74, 6) is -0.435. The lowest BCUT2D eigenvalue weighted by atomic mass is 10.2. The minimum absolute atomic E-state index is 0.0271. The fourth-order valence-electron chi connectivity index (χ4n) is 1.47. The molecule has 0 aliphatic heterocycles. The van der Waals surface area contributed by atoms with Gasteiger partial charge in [-0.25, -0.2) is 9.37 Å². The summed E-state index contributed by atoms with van der Waals surface area (Å²) >= 11 is 5.70. The van der Waals surface area contributed by atoms with E-state index in [9.17, 15) is 14.5 Å². The second kappa shape index (κ2) is 5.19. The van der Waals surface area contributed by atoms with Gasteiger partial charge < -0.3 is 5.32 Å². The van der Waals surface area contributed by atoms with Crippen LogP contribution in [0, 0.1) is 22.9 Å². The van der Waals surface area contributed by atoms with Crippen molar-refractivity contribution in [2.24, 2.45) is 0 Å². The van der Waals surface area contributed by atoms with E-state index >= 15 is 0 Å². The van der Waals surface area contributed by atoms with Crippen molar-refractivity contribution < 1.29 is 9.31 Å². The molecule has 0 saturated heterocycles. The molecule has 0 radical (unpaired) electrons. The molecule has 0 saturated carbocycles. The van der Waals surface area contributed by atoms with Crippen molar-refractivity contribution in [3.05, 3.63) is 57.0 Å². The number of hydrogen-bond acceptors (Lipinski definition) is 4. The van der Waals surface area contributed by atoms with E-state index in [0.717, 1.165) is 0 Å². The van der Waals surface area contributed by atoms with Crippen molar-refractivity contribution in [2.45, 2.75) is 6.92 Å². The summed E-state index contributed by atoms with van der Waals surface area (Å²) in [5.41, 5.74) is 0.616. The van der Waals surface area contributed by atoms with E-state index < -0.39 is 10.7 Å². The Bertz CT molecular complexity index is 649. The second-order valence-corrected chi connectivity index (χ2v) is 4.24. The Morgan fingerprint density at radius 2 is 2.11 bits per heavy atom. The maximum absolute atomic E-state index is 13.4. The molecule has 7 heteroatoms. The minimum atomic E-state index is -0.587. The largest absolute Gasteiger partial charge is 0.334 e. The number of hydrogen-bond donors (Lipinski definition) is 1. The van der Waals surface area contributed by atoms with Gasteiger partial charge in [-0.3, -0.25) is 10.1 Å². The third-order valence-corrected chi connectivity index (χ3v) is 2.68. The number of nitrogens with one attached hydrogen (secondary N) is 1. The molecule has 0 amide bonds. The zero-order valence-corrected chi connectivity index (χ0v) is 10.6. The maximum Gasteiger partial charge on any atom is 0.311 e. The molecule has 0 atom stereocenters. The number of rotatable bonds is 3. The molecule has 0 unspecified atom stereocenters. The van der Waals surface area contributed by atoms with Gasteiger partial charge in [-0.15, -0.1) is 0 Å². The van der Waals surface area contributed by atoms with Crippen molar-refractivity contribution in [3.8, 4) is 0 Å². The van der Waals surface area contributed by atoms with Crippen molar-refractivity contribution in [1.82, 2.24) is 4.98 Å². The van der Waals surface area contributed by atoms with E-state index in [1.165, 1.54) is 18.2 Å². The van der Waals surface area contributed by atoms with Gasteiger partial charge in [0.15, 0.2) is 0 Å². The highest BCUT2D eigenvalue weighted by molar-refractivity contribution is 6.29. The van der Waals surface area contributed by atoms with Crippen LogP contribution in [0.15, 0.2) is 30.3 Å². The van der Waals surface area contributed by atoms with Gasteiger partial charge in [-0.2, -0.15) is 0 Å². The molecule has 0 aliphatic rings. The van der Waals surface area contributed by atoms with Crippen molar-refractivity contribution in [3.63, 3.8) is 0 Å². The average molecular weight is 282 g/mol. The molecule has 1 N–H and O–H groups in total. The van der Waals surface area contributed by atoms with Gasteiger partial charge in [0.25, 0.3) is 0 Å². The monoisotopic (exact) mass is 281 g/mol. The van der Waals surface area contributed by atoms with Crippen LogP contribution in [-0.4, -0.2) is 9.91 Å². The number of pyridine rings is 1. The molecule has 2 aromatic rings. The van der Waals surface area contributed by atoms with Crippen LogP contribution < -0.4 is 5.32 Å². The number of benzene rings is 1. The van der Waals surface area contributed by atoms with Crippen LogP contribution in [0.3, 0.4) is 0 Å². The van der Waals surface area contributed by atoms with E-state index in [2.05, 4.69) is 10.3 Å². The molecule has 0 spiro atoms. The van der Waals surface area contributed by atoms with Crippen molar-refractivity contribution >= 4 is 28.8 Å². The second-order valence-electron chi connectivity index (χ2n) is 3.85. The first-order valence-electron chi connectivity index (χ1n) is 5.31. The number of anilines is 2. The summed E-state index contributed by atoms with van der Waals surface area (Å²) in [6, 6.07) is 6.96. The van der Waals surface area contributed by atoms with Crippen molar-refractivity contribution in [2.75, 3.05) is 5.32 Å². The Labute approximate surface area is 113 Å². The highest BCUT2D eigenvalue weighted by Gasteiger charge is 2.16. The number of aryl methyl sites for hydroxylation is 1. The number of aromatic nitrogens is 1. The van der Waals surface area contributed by atoms with E-state index in [4.69, 9.17) is 11.6 Å². The van der Waals surface area contributed by atoms with Gasteiger partial charge in [-0.05, 0) is 30.7 Å². The van der Waals surface area contributed by atoms with E-state index in [-0.39, 0.29) is 16.7 Å². The molecule has 2 rings (SSSR count). The first-order valence-corrected chi connectivity index (χ1v) is 5.69. The normalized spacial score (nSPS) is 10.3. The molecule has 0 bridgehead atoms. The van der Waals surface area contributed by atoms with E-state index in [0.29, 0.717) is 11.3 Å². The molecule has 1 aromatic heterocycles. The number of halogens is 2. The van der Waals surface area contributed by atoms with Gasteiger partial charge in [0, 0.05) is 11.8 Å². The predicted molar refractivity (Wildman–Crippen MR) is 70.3 cm³/mol. The van der Waals surface area contributed by atoms with E-state index in [1.807, 2.05) is 0 Å². The van der Waals surface area contributed by atoms with Crippen LogP contribution in [0.2, 0.25) is 5.15 Å². The number of nitrogens with zero attached hydrogens (tertiary/aromatic N) is 2. The molecule has 98 valence electrons. The molecule has 5 nitrogen and oxygen atoms in total. The van der Waals surface area contributed by atoms with Gasteiger partial charge >= 0.3 is 5.69 Å². The molecule has 0 aliphatic carbocycles. The summed E-state index contributed by atoms with van der Waals surface area (Å²) in [4.78, 5) is 14.1. The Morgan fingerprint density at radius 1 is 1.37 bits per heavy atom. The first-order chi connectivity index (χ1) is 8.97. The summed E-state index contributed by atoms with van der Waals surface area (Å²) in [5, 5.41) is 13.6. The molecule has 1 aromatic carbocycles. The standard InChI is InChI=1S/C12H9ClFN3O2/c1-7-2-3-8(6-9(7)14)15-12-10(17(18)19)4-5-11(13)16-12/h2-6H,1H3,(H,15,16).